The van der Waals surface area contributed by atoms with E-state index in [0.29, 0.717) is 6.42 Å². The van der Waals surface area contributed by atoms with Gasteiger partial charge in [-0.1, -0.05) is 43.8 Å². The molecular weight excluding hydrogens is 220 g/mol. The van der Waals surface area contributed by atoms with Gasteiger partial charge in [-0.2, -0.15) is 0 Å². The predicted octanol–water partition coefficient (Wildman–Crippen LogP) is 2.33. The topological polar surface area (TPSA) is 55.1 Å². The lowest BCUT2D eigenvalue weighted by molar-refractivity contribution is -0.118. The van der Waals surface area contributed by atoms with E-state index in [1.807, 2.05) is 37.3 Å². The van der Waals surface area contributed by atoms with Gasteiger partial charge < -0.3 is 11.1 Å². The number of rotatable bonds is 5. The van der Waals surface area contributed by atoms with Crippen LogP contribution in [0, 0.1) is 5.92 Å². The molecule has 0 aliphatic rings. The van der Waals surface area contributed by atoms with Gasteiger partial charge in [0.05, 0.1) is 10.9 Å². The number of benzene rings is 1. The van der Waals surface area contributed by atoms with Gasteiger partial charge in [-0.05, 0) is 18.6 Å². The summed E-state index contributed by atoms with van der Waals surface area (Å²) in [7, 11) is 0. The zero-order valence-electron chi connectivity index (χ0n) is 9.27. The Bertz CT molecular complexity index is 365. The summed E-state index contributed by atoms with van der Waals surface area (Å²) < 4.78 is 0. The first-order valence-electron chi connectivity index (χ1n) is 5.30. The first kappa shape index (κ1) is 12.6. The van der Waals surface area contributed by atoms with Crippen LogP contribution in [0.3, 0.4) is 0 Å². The zero-order chi connectivity index (χ0) is 12.0. The Morgan fingerprint density at radius 3 is 2.56 bits per heavy atom. The van der Waals surface area contributed by atoms with E-state index in [-0.39, 0.29) is 16.8 Å². The van der Waals surface area contributed by atoms with Crippen molar-refractivity contribution in [2.24, 2.45) is 11.7 Å². The van der Waals surface area contributed by atoms with Crippen molar-refractivity contribution in [3.63, 3.8) is 0 Å². The molecule has 0 bridgehead atoms. The Morgan fingerprint density at radius 1 is 1.44 bits per heavy atom. The first-order valence-corrected chi connectivity index (χ1v) is 5.71. The van der Waals surface area contributed by atoms with Crippen molar-refractivity contribution in [3.05, 3.63) is 30.3 Å². The summed E-state index contributed by atoms with van der Waals surface area (Å²) in [6.45, 7) is 2.00. The molecule has 0 aliphatic heterocycles. The second-order valence-corrected chi connectivity index (χ2v) is 4.07. The molecule has 86 valence electrons. The van der Waals surface area contributed by atoms with Crippen molar-refractivity contribution in [1.29, 1.82) is 0 Å². The largest absolute Gasteiger partial charge is 0.393 e. The van der Waals surface area contributed by atoms with E-state index in [9.17, 15) is 4.79 Å². The van der Waals surface area contributed by atoms with Crippen LogP contribution in [0.1, 0.15) is 19.8 Å². The quantitative estimate of drug-likeness (QED) is 0.771. The van der Waals surface area contributed by atoms with Crippen molar-refractivity contribution in [3.8, 4) is 0 Å². The van der Waals surface area contributed by atoms with E-state index >= 15 is 0 Å². The number of hydrogen-bond donors (Lipinski definition) is 2. The molecular formula is C12H16N2OS. The molecule has 1 amide bonds. The van der Waals surface area contributed by atoms with Crippen LogP contribution in [0.4, 0.5) is 5.69 Å². The van der Waals surface area contributed by atoms with E-state index in [0.717, 1.165) is 12.1 Å². The summed E-state index contributed by atoms with van der Waals surface area (Å²) in [5.74, 6) is -0.499. The molecule has 1 aromatic carbocycles. The molecule has 0 heterocycles. The minimum Gasteiger partial charge on any atom is -0.393 e. The molecule has 0 aliphatic carbocycles. The van der Waals surface area contributed by atoms with E-state index < -0.39 is 0 Å². The van der Waals surface area contributed by atoms with Gasteiger partial charge in [0.15, 0.2) is 0 Å². The maximum absolute atomic E-state index is 11.9. The molecule has 1 atom stereocenters. The van der Waals surface area contributed by atoms with Crippen LogP contribution in [0.5, 0.6) is 0 Å². The Balaban J connectivity index is 2.66. The third kappa shape index (κ3) is 3.62. The predicted molar refractivity (Wildman–Crippen MR) is 70.3 cm³/mol. The van der Waals surface area contributed by atoms with Gasteiger partial charge in [-0.25, -0.2) is 0 Å². The van der Waals surface area contributed by atoms with Crippen molar-refractivity contribution >= 4 is 28.8 Å². The van der Waals surface area contributed by atoms with Crippen molar-refractivity contribution in [1.82, 2.24) is 0 Å². The Labute approximate surface area is 101 Å². The van der Waals surface area contributed by atoms with Crippen LogP contribution in [0.2, 0.25) is 0 Å². The Kier molecular flexibility index (Phi) is 4.92. The molecule has 1 aromatic rings. The maximum Gasteiger partial charge on any atom is 0.234 e. The lowest BCUT2D eigenvalue weighted by Crippen LogP contribution is -2.33. The Morgan fingerprint density at radius 2 is 2.06 bits per heavy atom. The highest BCUT2D eigenvalue weighted by Gasteiger charge is 2.20. The van der Waals surface area contributed by atoms with E-state index in [4.69, 9.17) is 18.0 Å². The number of hydrogen-bond acceptors (Lipinski definition) is 2. The first-order chi connectivity index (χ1) is 7.65. The van der Waals surface area contributed by atoms with Gasteiger partial charge in [-0.15, -0.1) is 0 Å². The number of anilines is 1. The van der Waals surface area contributed by atoms with Crippen molar-refractivity contribution in [2.45, 2.75) is 19.8 Å². The highest BCUT2D eigenvalue weighted by Crippen LogP contribution is 2.12. The number of para-hydroxylation sites is 1. The molecule has 0 radical (unpaired) electrons. The summed E-state index contributed by atoms with van der Waals surface area (Å²) >= 11 is 4.89. The van der Waals surface area contributed by atoms with Crippen LogP contribution < -0.4 is 11.1 Å². The van der Waals surface area contributed by atoms with Crippen molar-refractivity contribution < 1.29 is 4.79 Å². The molecule has 0 fully saturated rings. The highest BCUT2D eigenvalue weighted by atomic mass is 32.1. The molecule has 1 rings (SSSR count). The molecule has 0 aromatic heterocycles. The van der Waals surface area contributed by atoms with Gasteiger partial charge in [0.25, 0.3) is 0 Å². The monoisotopic (exact) mass is 236 g/mol. The normalized spacial score (nSPS) is 11.8. The van der Waals surface area contributed by atoms with Gasteiger partial charge >= 0.3 is 0 Å². The summed E-state index contributed by atoms with van der Waals surface area (Å²) in [5, 5.41) is 2.80. The minimum atomic E-state index is -0.375. The maximum atomic E-state index is 11.9. The molecule has 3 N–H and O–H groups in total. The number of thiocarbonyl (C=S) groups is 1. The van der Waals surface area contributed by atoms with Gasteiger partial charge in [0.1, 0.15) is 0 Å². The van der Waals surface area contributed by atoms with Gasteiger partial charge in [0, 0.05) is 5.69 Å². The summed E-state index contributed by atoms with van der Waals surface area (Å²) in [6.07, 6.45) is 1.57. The third-order valence-electron chi connectivity index (χ3n) is 2.28. The minimum absolute atomic E-state index is 0.124. The van der Waals surface area contributed by atoms with Crippen molar-refractivity contribution in [2.75, 3.05) is 5.32 Å². The zero-order valence-corrected chi connectivity index (χ0v) is 10.1. The summed E-state index contributed by atoms with van der Waals surface area (Å²) in [5.41, 5.74) is 6.32. The van der Waals surface area contributed by atoms with E-state index in [1.54, 1.807) is 0 Å². The van der Waals surface area contributed by atoms with Crippen LogP contribution in [0.15, 0.2) is 30.3 Å². The van der Waals surface area contributed by atoms with Gasteiger partial charge in [0.2, 0.25) is 5.91 Å². The summed E-state index contributed by atoms with van der Waals surface area (Å²) in [4.78, 5) is 12.1. The SMILES string of the molecule is CCCC(C(=O)Nc1ccccc1)C(N)=S. The molecule has 1 unspecified atom stereocenters. The lowest BCUT2D eigenvalue weighted by Gasteiger charge is -2.14. The second-order valence-electron chi connectivity index (χ2n) is 3.60. The molecule has 3 nitrogen and oxygen atoms in total. The van der Waals surface area contributed by atoms with Crippen LogP contribution in [-0.4, -0.2) is 10.9 Å². The molecule has 16 heavy (non-hydrogen) atoms. The van der Waals surface area contributed by atoms with Gasteiger partial charge in [-0.3, -0.25) is 4.79 Å². The average molecular weight is 236 g/mol. The Hall–Kier alpha value is -1.42. The van der Waals surface area contributed by atoms with E-state index in [2.05, 4.69) is 5.32 Å². The number of carbonyl (C=O) groups is 1. The number of nitrogens with one attached hydrogen (secondary N) is 1. The smallest absolute Gasteiger partial charge is 0.234 e. The third-order valence-corrected chi connectivity index (χ3v) is 2.56. The molecule has 0 saturated carbocycles. The second kappa shape index (κ2) is 6.23. The fourth-order valence-corrected chi connectivity index (χ4v) is 1.67. The number of amides is 1. The van der Waals surface area contributed by atoms with Crippen LogP contribution in [0.25, 0.3) is 0 Å². The molecule has 0 spiro atoms. The summed E-state index contributed by atoms with van der Waals surface area (Å²) in [6, 6.07) is 9.30. The fraction of sp³-hybridized carbons (Fsp3) is 0.333. The number of carbonyl (C=O) groups excluding carboxylic acids is 1. The molecule has 4 heteroatoms. The van der Waals surface area contributed by atoms with Crippen LogP contribution in [-0.2, 0) is 4.79 Å². The molecule has 0 saturated heterocycles. The highest BCUT2D eigenvalue weighted by molar-refractivity contribution is 7.80. The fourth-order valence-electron chi connectivity index (χ4n) is 1.44. The number of nitrogens with two attached hydrogens (primary N) is 1. The lowest BCUT2D eigenvalue weighted by atomic mass is 10.0. The standard InChI is InChI=1S/C12H16N2OS/c1-2-6-10(11(13)16)12(15)14-9-7-4-3-5-8-9/h3-5,7-8,10H,2,6H2,1H3,(H2,13,16)(H,14,15). The average Bonchev–Trinajstić information content (AvgIpc) is 2.26. The van der Waals surface area contributed by atoms with Crippen LogP contribution >= 0.6 is 12.2 Å². The van der Waals surface area contributed by atoms with E-state index in [1.165, 1.54) is 0 Å².